The number of nitrogens with one attached hydrogen (secondary N) is 1. The molecule has 116 valence electrons. The van der Waals surface area contributed by atoms with E-state index in [4.69, 9.17) is 46.4 Å². The number of carbonyl (C=O) groups is 1. The molecule has 2 rings (SSSR count). The normalized spacial score (nSPS) is 11.0. The van der Waals surface area contributed by atoms with Crippen molar-refractivity contribution < 1.29 is 4.79 Å². The van der Waals surface area contributed by atoms with Crippen molar-refractivity contribution in [3.63, 3.8) is 0 Å². The second-order valence-corrected chi connectivity index (χ2v) is 6.04. The number of amides is 1. The third-order valence-electron chi connectivity index (χ3n) is 2.83. The van der Waals surface area contributed by atoms with Gasteiger partial charge in [-0.15, -0.1) is 0 Å². The fraction of sp³-hybridized carbons (Fsp3) is 0. The molecule has 0 unspecified atom stereocenters. The first kappa shape index (κ1) is 17.7. The summed E-state index contributed by atoms with van der Waals surface area (Å²) in [4.78, 5) is 12.2. The molecule has 0 saturated heterocycles. The van der Waals surface area contributed by atoms with Gasteiger partial charge in [-0.2, -0.15) is 5.26 Å². The van der Waals surface area contributed by atoms with Crippen LogP contribution in [0.1, 0.15) is 5.56 Å². The summed E-state index contributed by atoms with van der Waals surface area (Å²) >= 11 is 23.9. The van der Waals surface area contributed by atoms with Gasteiger partial charge in [0.15, 0.2) is 0 Å². The Hall–Kier alpha value is -1.70. The van der Waals surface area contributed by atoms with E-state index in [2.05, 4.69) is 5.32 Å². The maximum atomic E-state index is 12.2. The summed E-state index contributed by atoms with van der Waals surface area (Å²) in [5.74, 6) is -0.646. The lowest BCUT2D eigenvalue weighted by Crippen LogP contribution is -2.13. The smallest absolute Gasteiger partial charge is 0.266 e. The van der Waals surface area contributed by atoms with Crippen LogP contribution in [0.4, 0.5) is 5.69 Å². The summed E-state index contributed by atoms with van der Waals surface area (Å²) in [7, 11) is 0. The van der Waals surface area contributed by atoms with Crippen LogP contribution in [0.3, 0.4) is 0 Å². The molecule has 1 N–H and O–H groups in total. The fourth-order valence-electron chi connectivity index (χ4n) is 1.72. The highest BCUT2D eigenvalue weighted by atomic mass is 35.5. The van der Waals surface area contributed by atoms with E-state index in [1.54, 1.807) is 30.3 Å². The van der Waals surface area contributed by atoms with Crippen molar-refractivity contribution in [2.75, 3.05) is 5.32 Å². The molecule has 0 radical (unpaired) electrons. The third kappa shape index (κ3) is 4.40. The van der Waals surface area contributed by atoms with E-state index in [0.29, 0.717) is 31.3 Å². The minimum absolute atomic E-state index is 0.170. The molecular formula is C16H8Cl4N2O. The van der Waals surface area contributed by atoms with Crippen molar-refractivity contribution in [2.45, 2.75) is 0 Å². The first-order valence-corrected chi connectivity index (χ1v) is 7.75. The number of hydrogen-bond acceptors (Lipinski definition) is 2. The van der Waals surface area contributed by atoms with E-state index in [9.17, 15) is 10.1 Å². The van der Waals surface area contributed by atoms with Crippen LogP contribution in [-0.4, -0.2) is 5.91 Å². The van der Waals surface area contributed by atoms with Crippen molar-refractivity contribution in [1.29, 1.82) is 5.26 Å². The number of hydrogen-bond donors (Lipinski definition) is 1. The van der Waals surface area contributed by atoms with Gasteiger partial charge in [-0.3, -0.25) is 4.79 Å². The Kier molecular flexibility index (Phi) is 5.92. The zero-order chi connectivity index (χ0) is 17.0. The highest BCUT2D eigenvalue weighted by Gasteiger charge is 2.13. The van der Waals surface area contributed by atoms with Gasteiger partial charge in [0, 0.05) is 20.6 Å². The van der Waals surface area contributed by atoms with Gasteiger partial charge >= 0.3 is 0 Å². The molecule has 0 aromatic heterocycles. The van der Waals surface area contributed by atoms with E-state index in [1.807, 2.05) is 6.07 Å². The van der Waals surface area contributed by atoms with Gasteiger partial charge in [0.05, 0.1) is 10.7 Å². The molecule has 0 bridgehead atoms. The fourth-order valence-corrected chi connectivity index (χ4v) is 2.57. The predicted molar refractivity (Wildman–Crippen MR) is 95.1 cm³/mol. The number of nitriles is 1. The van der Waals surface area contributed by atoms with E-state index in [0.717, 1.165) is 0 Å². The molecule has 23 heavy (non-hydrogen) atoms. The summed E-state index contributed by atoms with van der Waals surface area (Å²) in [6.45, 7) is 0. The molecule has 2 aromatic rings. The minimum atomic E-state index is -0.646. The van der Waals surface area contributed by atoms with Crippen LogP contribution in [0.5, 0.6) is 0 Å². The third-order valence-corrected chi connectivity index (χ3v) is 4.05. The standard InChI is InChI=1S/C16H8Cl4N2O/c17-10-4-5-14(20)15(7-10)22-16(23)9(8-21)6-11-12(18)2-1-3-13(11)19/h1-7H,(H,22,23)/b9-6+. The topological polar surface area (TPSA) is 52.9 Å². The monoisotopic (exact) mass is 384 g/mol. The average Bonchev–Trinajstić information content (AvgIpc) is 2.50. The average molecular weight is 386 g/mol. The quantitative estimate of drug-likeness (QED) is 0.532. The molecule has 0 fully saturated rings. The number of benzene rings is 2. The van der Waals surface area contributed by atoms with Crippen LogP contribution in [0, 0.1) is 11.3 Å². The van der Waals surface area contributed by atoms with Gasteiger partial charge in [0.25, 0.3) is 5.91 Å². The lowest BCUT2D eigenvalue weighted by molar-refractivity contribution is -0.112. The molecular weight excluding hydrogens is 378 g/mol. The van der Waals surface area contributed by atoms with Gasteiger partial charge < -0.3 is 5.32 Å². The van der Waals surface area contributed by atoms with Gasteiger partial charge in [0.2, 0.25) is 0 Å². The zero-order valence-corrected chi connectivity index (χ0v) is 14.4. The minimum Gasteiger partial charge on any atom is -0.320 e. The van der Waals surface area contributed by atoms with Crippen molar-refractivity contribution in [1.82, 2.24) is 0 Å². The van der Waals surface area contributed by atoms with Crippen LogP contribution in [0.15, 0.2) is 42.0 Å². The SMILES string of the molecule is N#C/C(=C\c1c(Cl)cccc1Cl)C(=O)Nc1cc(Cl)ccc1Cl. The van der Waals surface area contributed by atoms with Crippen molar-refractivity contribution in [2.24, 2.45) is 0 Å². The van der Waals surface area contributed by atoms with E-state index < -0.39 is 5.91 Å². The summed E-state index contributed by atoms with van der Waals surface area (Å²) in [6.07, 6.45) is 1.32. The maximum absolute atomic E-state index is 12.2. The molecule has 0 atom stereocenters. The largest absolute Gasteiger partial charge is 0.320 e. The summed E-state index contributed by atoms with van der Waals surface area (Å²) in [5.41, 5.74) is 0.520. The number of rotatable bonds is 3. The van der Waals surface area contributed by atoms with Crippen LogP contribution in [0.2, 0.25) is 20.1 Å². The Morgan fingerprint density at radius 1 is 1.04 bits per heavy atom. The Bertz CT molecular complexity index is 820. The zero-order valence-electron chi connectivity index (χ0n) is 11.4. The van der Waals surface area contributed by atoms with Gasteiger partial charge in [-0.25, -0.2) is 0 Å². The Morgan fingerprint density at radius 3 is 2.30 bits per heavy atom. The van der Waals surface area contributed by atoms with Gasteiger partial charge in [-0.1, -0.05) is 52.5 Å². The maximum Gasteiger partial charge on any atom is 0.266 e. The van der Waals surface area contributed by atoms with E-state index in [1.165, 1.54) is 12.1 Å². The lowest BCUT2D eigenvalue weighted by Gasteiger charge is -2.07. The Morgan fingerprint density at radius 2 is 1.70 bits per heavy atom. The lowest BCUT2D eigenvalue weighted by atomic mass is 10.1. The first-order chi connectivity index (χ1) is 10.9. The molecule has 0 aliphatic rings. The molecule has 0 saturated carbocycles. The second-order valence-electron chi connectivity index (χ2n) is 4.38. The van der Waals surface area contributed by atoms with Crippen molar-refractivity contribution in [3.05, 3.63) is 67.6 Å². The summed E-state index contributed by atoms with van der Waals surface area (Å²) in [6, 6.07) is 11.3. The molecule has 2 aromatic carbocycles. The number of halogens is 4. The first-order valence-electron chi connectivity index (χ1n) is 6.24. The predicted octanol–water partition coefficient (Wildman–Crippen LogP) is 5.85. The van der Waals surface area contributed by atoms with Crippen LogP contribution < -0.4 is 5.32 Å². The van der Waals surface area contributed by atoms with E-state index in [-0.39, 0.29) is 5.57 Å². The number of nitrogens with zero attached hydrogens (tertiary/aromatic N) is 1. The van der Waals surface area contributed by atoms with Crippen LogP contribution in [0.25, 0.3) is 6.08 Å². The van der Waals surface area contributed by atoms with Crippen LogP contribution in [-0.2, 0) is 4.79 Å². The van der Waals surface area contributed by atoms with Crippen LogP contribution >= 0.6 is 46.4 Å². The Balaban J connectivity index is 2.34. The molecule has 1 amide bonds. The highest BCUT2D eigenvalue weighted by Crippen LogP contribution is 2.28. The van der Waals surface area contributed by atoms with Gasteiger partial charge in [0.1, 0.15) is 11.6 Å². The van der Waals surface area contributed by atoms with E-state index >= 15 is 0 Å². The van der Waals surface area contributed by atoms with Gasteiger partial charge in [-0.05, 0) is 36.4 Å². The molecule has 0 aliphatic heterocycles. The number of carbonyl (C=O) groups excluding carboxylic acids is 1. The summed E-state index contributed by atoms with van der Waals surface area (Å²) in [5, 5.41) is 13.1. The second kappa shape index (κ2) is 7.72. The molecule has 3 nitrogen and oxygen atoms in total. The molecule has 0 heterocycles. The van der Waals surface area contributed by atoms with Crippen molar-refractivity contribution >= 4 is 64.1 Å². The molecule has 0 aliphatic carbocycles. The highest BCUT2D eigenvalue weighted by molar-refractivity contribution is 6.38. The number of anilines is 1. The van der Waals surface area contributed by atoms with Crippen molar-refractivity contribution in [3.8, 4) is 6.07 Å². The summed E-state index contributed by atoms with van der Waals surface area (Å²) < 4.78 is 0. The molecule has 7 heteroatoms. The molecule has 0 spiro atoms. The Labute approximate surface area is 153 Å².